The molecule has 0 aliphatic heterocycles. The quantitative estimate of drug-likeness (QED) is 0.621. The van der Waals surface area contributed by atoms with Crippen LogP contribution in [0.25, 0.3) is 0 Å². The first-order valence-electron chi connectivity index (χ1n) is 5.45. The summed E-state index contributed by atoms with van der Waals surface area (Å²) >= 11 is 0. The molecule has 0 unspecified atom stereocenters. The number of aliphatic hydroxyl groups is 2. The van der Waals surface area contributed by atoms with Gasteiger partial charge in [-0.25, -0.2) is 0 Å². The van der Waals surface area contributed by atoms with E-state index in [2.05, 4.69) is 0 Å². The third-order valence-electron chi connectivity index (χ3n) is 2.64. The minimum atomic E-state index is -0.452. The van der Waals surface area contributed by atoms with E-state index in [0.717, 1.165) is 12.0 Å². The Morgan fingerprint density at radius 3 is 2.47 bits per heavy atom. The molecule has 0 heterocycles. The number of quaternary nitrogens is 1. The summed E-state index contributed by atoms with van der Waals surface area (Å²) in [6.45, 7) is 2.80. The van der Waals surface area contributed by atoms with Gasteiger partial charge < -0.3 is 15.5 Å². The summed E-state index contributed by atoms with van der Waals surface area (Å²) in [6.07, 6.45) is 0.463. The Morgan fingerprint density at radius 2 is 1.93 bits per heavy atom. The fourth-order valence-electron chi connectivity index (χ4n) is 1.50. The van der Waals surface area contributed by atoms with Gasteiger partial charge in [0.25, 0.3) is 0 Å². The van der Waals surface area contributed by atoms with Crippen LogP contribution >= 0.6 is 0 Å². The molecule has 3 heteroatoms. The van der Waals surface area contributed by atoms with Crippen molar-refractivity contribution in [3.63, 3.8) is 0 Å². The largest absolute Gasteiger partial charge is 0.390 e. The van der Waals surface area contributed by atoms with E-state index in [1.54, 1.807) is 0 Å². The number of hydrogen-bond donors (Lipinski definition) is 3. The maximum Gasteiger partial charge on any atom is 0.128 e. The molecule has 0 aromatic heterocycles. The lowest BCUT2D eigenvalue weighted by atomic mass is 10.1. The number of nitrogens with two attached hydrogens (primary N) is 1. The zero-order valence-corrected chi connectivity index (χ0v) is 9.13. The maximum absolute atomic E-state index is 9.85. The number of hydrogen-bond acceptors (Lipinski definition) is 2. The highest BCUT2D eigenvalue weighted by molar-refractivity contribution is 5.16. The van der Waals surface area contributed by atoms with Gasteiger partial charge in [-0.3, -0.25) is 0 Å². The van der Waals surface area contributed by atoms with Crippen molar-refractivity contribution in [3.05, 3.63) is 35.9 Å². The Hall–Kier alpha value is -0.900. The average molecular weight is 210 g/mol. The first-order chi connectivity index (χ1) is 7.27. The van der Waals surface area contributed by atoms with E-state index in [9.17, 15) is 5.11 Å². The average Bonchev–Trinajstić information content (AvgIpc) is 2.31. The molecular weight excluding hydrogens is 190 g/mol. The van der Waals surface area contributed by atoms with Crippen molar-refractivity contribution in [1.29, 1.82) is 0 Å². The van der Waals surface area contributed by atoms with Crippen molar-refractivity contribution in [2.24, 2.45) is 0 Å². The second-order valence-electron chi connectivity index (χ2n) is 3.75. The number of aliphatic hydroxyl groups excluding tert-OH is 2. The molecule has 1 aromatic carbocycles. The smallest absolute Gasteiger partial charge is 0.128 e. The first-order valence-corrected chi connectivity index (χ1v) is 5.45. The fourth-order valence-corrected chi connectivity index (χ4v) is 1.50. The molecule has 0 spiro atoms. The van der Waals surface area contributed by atoms with Crippen molar-refractivity contribution < 1.29 is 15.5 Å². The van der Waals surface area contributed by atoms with Crippen molar-refractivity contribution in [1.82, 2.24) is 0 Å². The van der Waals surface area contributed by atoms with Crippen LogP contribution in [0.4, 0.5) is 0 Å². The second-order valence-corrected chi connectivity index (χ2v) is 3.75. The Morgan fingerprint density at radius 1 is 1.27 bits per heavy atom. The first kappa shape index (κ1) is 12.2. The zero-order chi connectivity index (χ0) is 11.1. The number of benzene rings is 1. The maximum atomic E-state index is 9.85. The topological polar surface area (TPSA) is 57.1 Å². The monoisotopic (exact) mass is 210 g/mol. The third kappa shape index (κ3) is 4.00. The normalized spacial score (nSPS) is 14.9. The summed E-state index contributed by atoms with van der Waals surface area (Å²) in [5.74, 6) is 0. The molecular formula is C12H20NO2+. The van der Waals surface area contributed by atoms with Gasteiger partial charge in [-0.05, 0) is 12.0 Å². The Labute approximate surface area is 90.8 Å². The molecule has 2 atom stereocenters. The number of rotatable bonds is 6. The Balaban J connectivity index is 2.39. The zero-order valence-electron chi connectivity index (χ0n) is 9.13. The van der Waals surface area contributed by atoms with Gasteiger partial charge >= 0.3 is 0 Å². The molecule has 4 N–H and O–H groups in total. The second kappa shape index (κ2) is 6.56. The van der Waals surface area contributed by atoms with Crippen LogP contribution < -0.4 is 5.32 Å². The van der Waals surface area contributed by atoms with Gasteiger partial charge in [0.2, 0.25) is 0 Å². The van der Waals surface area contributed by atoms with Crippen LogP contribution in [-0.4, -0.2) is 29.4 Å². The van der Waals surface area contributed by atoms with E-state index in [1.165, 1.54) is 0 Å². The molecule has 15 heavy (non-hydrogen) atoms. The molecule has 3 nitrogen and oxygen atoms in total. The van der Waals surface area contributed by atoms with Crippen molar-refractivity contribution in [2.75, 3.05) is 13.2 Å². The Bertz CT molecular complexity index is 260. The lowest BCUT2D eigenvalue weighted by molar-refractivity contribution is -0.697. The van der Waals surface area contributed by atoms with E-state index >= 15 is 0 Å². The minimum Gasteiger partial charge on any atom is -0.390 e. The molecule has 0 aliphatic rings. The van der Waals surface area contributed by atoms with E-state index in [0.29, 0.717) is 6.54 Å². The molecule has 0 saturated heterocycles. The third-order valence-corrected chi connectivity index (χ3v) is 2.64. The van der Waals surface area contributed by atoms with E-state index in [1.807, 2.05) is 42.6 Å². The lowest BCUT2D eigenvalue weighted by Crippen LogP contribution is -2.91. The van der Waals surface area contributed by atoms with E-state index < -0.39 is 6.10 Å². The highest BCUT2D eigenvalue weighted by Crippen LogP contribution is 2.09. The van der Waals surface area contributed by atoms with Crippen LogP contribution in [0.1, 0.15) is 25.0 Å². The molecule has 0 aliphatic carbocycles. The molecule has 0 radical (unpaired) electrons. The minimum absolute atomic E-state index is 0.165. The van der Waals surface area contributed by atoms with Crippen molar-refractivity contribution in [3.8, 4) is 0 Å². The molecule has 0 bridgehead atoms. The van der Waals surface area contributed by atoms with Crippen LogP contribution in [-0.2, 0) is 0 Å². The Kier molecular flexibility index (Phi) is 5.32. The molecule has 0 saturated carbocycles. The highest BCUT2D eigenvalue weighted by atomic mass is 16.3. The van der Waals surface area contributed by atoms with E-state index in [-0.39, 0.29) is 12.6 Å². The van der Waals surface area contributed by atoms with Crippen LogP contribution in [0.3, 0.4) is 0 Å². The SMILES string of the molecule is CC[C@H](CO)[NH2+]C[C@@H](O)c1ccccc1. The highest BCUT2D eigenvalue weighted by Gasteiger charge is 2.12. The standard InChI is InChI=1S/C12H19NO2/c1-2-11(9-14)13-8-12(15)10-6-4-3-5-7-10/h3-7,11-15H,2,8-9H2,1H3/p+1/t11-,12-/m1/s1. The van der Waals surface area contributed by atoms with Crippen LogP contribution in [0.5, 0.6) is 0 Å². The van der Waals surface area contributed by atoms with Gasteiger partial charge in [0.05, 0.1) is 6.61 Å². The predicted molar refractivity (Wildman–Crippen MR) is 59.4 cm³/mol. The van der Waals surface area contributed by atoms with Gasteiger partial charge in [-0.2, -0.15) is 0 Å². The van der Waals surface area contributed by atoms with Crippen LogP contribution in [0, 0.1) is 0 Å². The van der Waals surface area contributed by atoms with Gasteiger partial charge in [0, 0.05) is 0 Å². The van der Waals surface area contributed by atoms with Gasteiger partial charge in [0.15, 0.2) is 0 Å². The van der Waals surface area contributed by atoms with Crippen LogP contribution in [0.15, 0.2) is 30.3 Å². The molecule has 0 amide bonds. The summed E-state index contributed by atoms with van der Waals surface area (Å²) in [5, 5.41) is 20.8. The molecule has 0 fully saturated rings. The molecule has 1 rings (SSSR count). The van der Waals surface area contributed by atoms with Crippen LogP contribution in [0.2, 0.25) is 0 Å². The summed E-state index contributed by atoms with van der Waals surface area (Å²) in [4.78, 5) is 0. The molecule has 84 valence electrons. The van der Waals surface area contributed by atoms with Crippen molar-refractivity contribution >= 4 is 0 Å². The summed E-state index contributed by atoms with van der Waals surface area (Å²) in [7, 11) is 0. The summed E-state index contributed by atoms with van der Waals surface area (Å²) in [5.41, 5.74) is 0.932. The van der Waals surface area contributed by atoms with Gasteiger partial charge in [-0.1, -0.05) is 37.3 Å². The van der Waals surface area contributed by atoms with Crippen molar-refractivity contribution in [2.45, 2.75) is 25.5 Å². The fraction of sp³-hybridized carbons (Fsp3) is 0.500. The van der Waals surface area contributed by atoms with Gasteiger partial charge in [-0.15, -0.1) is 0 Å². The van der Waals surface area contributed by atoms with Gasteiger partial charge in [0.1, 0.15) is 18.7 Å². The van der Waals surface area contributed by atoms with E-state index in [4.69, 9.17) is 5.11 Å². The molecule has 1 aromatic rings. The predicted octanol–water partition coefficient (Wildman–Crippen LogP) is 0.0543. The summed E-state index contributed by atoms with van der Waals surface area (Å²) < 4.78 is 0. The lowest BCUT2D eigenvalue weighted by Gasteiger charge is -2.14. The summed E-state index contributed by atoms with van der Waals surface area (Å²) in [6, 6.07) is 9.80.